The van der Waals surface area contributed by atoms with Crippen molar-refractivity contribution >= 4 is 36.3 Å². The summed E-state index contributed by atoms with van der Waals surface area (Å²) in [7, 11) is -3.62. The Kier molecular flexibility index (Phi) is 6.33. The van der Waals surface area contributed by atoms with E-state index >= 15 is 0 Å². The first-order chi connectivity index (χ1) is 14.6. The number of hydrogen-bond donors (Lipinski definition) is 0. The Balaban J connectivity index is 1.91. The molecule has 0 spiro atoms. The Hall–Kier alpha value is -2.46. The predicted molar refractivity (Wildman–Crippen MR) is 133 cm³/mol. The molecule has 0 aliphatic carbocycles. The van der Waals surface area contributed by atoms with Crippen molar-refractivity contribution in [1.82, 2.24) is 0 Å². The van der Waals surface area contributed by atoms with E-state index in [-0.39, 0.29) is 0 Å². The summed E-state index contributed by atoms with van der Waals surface area (Å²) >= 11 is 0. The molecule has 4 rings (SSSR count). The molecule has 0 N–H and O–H groups in total. The van der Waals surface area contributed by atoms with E-state index in [2.05, 4.69) is 74.5 Å². The number of aryl methyl sites for hydroxylation is 2. The number of rotatable bonds is 6. The molecule has 0 saturated heterocycles. The van der Waals surface area contributed by atoms with Gasteiger partial charge in [-0.15, -0.1) is 0 Å². The van der Waals surface area contributed by atoms with E-state index in [1.165, 1.54) is 16.2 Å². The summed E-state index contributed by atoms with van der Waals surface area (Å²) < 4.78 is 14.9. The Morgan fingerprint density at radius 3 is 1.80 bits per heavy atom. The van der Waals surface area contributed by atoms with Crippen LogP contribution in [-0.4, -0.2) is 5.90 Å². The second-order valence-corrected chi connectivity index (χ2v) is 13.0. The smallest absolute Gasteiger partial charge is 0.148 e. The van der Waals surface area contributed by atoms with Crippen LogP contribution in [0.2, 0.25) is 0 Å². The fourth-order valence-corrected chi connectivity index (χ4v) is 11.5. The highest BCUT2D eigenvalue weighted by atomic mass is 31.2. The third-order valence-electron chi connectivity index (χ3n) is 5.49. The third-order valence-corrected chi connectivity index (χ3v) is 12.6. The largest absolute Gasteiger partial charge is 0.313 e. The minimum Gasteiger partial charge on any atom is -0.313 e. The second kappa shape index (κ2) is 9.13. The maximum Gasteiger partial charge on any atom is 0.148 e. The van der Waals surface area contributed by atoms with E-state index in [0.29, 0.717) is 5.90 Å². The van der Waals surface area contributed by atoms with Gasteiger partial charge in [-0.05, 0) is 43.5 Å². The Morgan fingerprint density at radius 1 is 0.633 bits per heavy atom. The zero-order chi connectivity index (χ0) is 21.0. The highest BCUT2D eigenvalue weighted by molar-refractivity contribution is 7.91. The van der Waals surface area contributed by atoms with Crippen LogP contribution >= 0.6 is 15.1 Å². The standard InChI is InChI=1S/C27H26OP2/c1-22-13-9-11-19-26(22)29(24-15-5-3-6-16-24)21-30(28,25-17-7-4-8-18-25)27-20-12-10-14-23(27)2/h3-20H,21H2,1-2H3. The minimum atomic E-state index is -2.84. The number of hydrogen-bond acceptors (Lipinski definition) is 1. The normalized spacial score (nSPS) is 14.1. The fraction of sp³-hybridized carbons (Fsp3) is 0.111. The van der Waals surface area contributed by atoms with Crippen molar-refractivity contribution in [3.8, 4) is 0 Å². The monoisotopic (exact) mass is 428 g/mol. The van der Waals surface area contributed by atoms with Crippen molar-refractivity contribution in [2.45, 2.75) is 13.8 Å². The highest BCUT2D eigenvalue weighted by Crippen LogP contribution is 2.55. The molecule has 0 saturated carbocycles. The second-order valence-electron chi connectivity index (χ2n) is 7.55. The van der Waals surface area contributed by atoms with Crippen molar-refractivity contribution in [2.75, 3.05) is 5.90 Å². The van der Waals surface area contributed by atoms with E-state index in [1.807, 2.05) is 48.5 Å². The SMILES string of the molecule is Cc1ccccc1P(CP(=O)(c1ccccc1)c1ccccc1C)c1ccccc1. The van der Waals surface area contributed by atoms with Gasteiger partial charge in [-0.2, -0.15) is 0 Å². The third kappa shape index (κ3) is 4.20. The molecular formula is C27H26OP2. The molecule has 2 unspecified atom stereocenters. The Morgan fingerprint density at radius 2 is 1.17 bits per heavy atom. The van der Waals surface area contributed by atoms with Crippen molar-refractivity contribution < 1.29 is 4.57 Å². The molecule has 3 heteroatoms. The van der Waals surface area contributed by atoms with Crippen LogP contribution < -0.4 is 21.2 Å². The van der Waals surface area contributed by atoms with Crippen LogP contribution in [0.5, 0.6) is 0 Å². The molecule has 0 radical (unpaired) electrons. The molecular weight excluding hydrogens is 402 g/mol. The first-order valence-corrected chi connectivity index (χ1v) is 13.6. The van der Waals surface area contributed by atoms with Crippen LogP contribution in [0.25, 0.3) is 0 Å². The zero-order valence-electron chi connectivity index (χ0n) is 17.4. The predicted octanol–water partition coefficient (Wildman–Crippen LogP) is 5.71. The first kappa shape index (κ1) is 20.8. The molecule has 0 bridgehead atoms. The first-order valence-electron chi connectivity index (χ1n) is 10.2. The fourth-order valence-electron chi connectivity index (χ4n) is 3.90. The zero-order valence-corrected chi connectivity index (χ0v) is 19.2. The van der Waals surface area contributed by atoms with E-state index in [4.69, 9.17) is 0 Å². The van der Waals surface area contributed by atoms with Crippen LogP contribution in [-0.2, 0) is 4.57 Å². The highest BCUT2D eigenvalue weighted by Gasteiger charge is 2.33. The molecule has 4 aromatic carbocycles. The minimum absolute atomic E-state index is 0.631. The van der Waals surface area contributed by atoms with Gasteiger partial charge in [-0.25, -0.2) is 0 Å². The molecule has 0 aliphatic rings. The lowest BCUT2D eigenvalue weighted by molar-refractivity contribution is 0.589. The van der Waals surface area contributed by atoms with Crippen LogP contribution in [0.3, 0.4) is 0 Å². The van der Waals surface area contributed by atoms with Gasteiger partial charge in [0.15, 0.2) is 0 Å². The van der Waals surface area contributed by atoms with E-state index in [1.54, 1.807) is 0 Å². The van der Waals surface area contributed by atoms with Crippen molar-refractivity contribution in [3.05, 3.63) is 120 Å². The van der Waals surface area contributed by atoms with Crippen LogP contribution in [0.1, 0.15) is 11.1 Å². The molecule has 0 fully saturated rings. The summed E-state index contributed by atoms with van der Waals surface area (Å²) in [5.74, 6) is 0.631. The van der Waals surface area contributed by atoms with E-state index < -0.39 is 15.1 Å². The summed E-state index contributed by atoms with van der Waals surface area (Å²) in [6.45, 7) is 4.23. The van der Waals surface area contributed by atoms with Gasteiger partial charge >= 0.3 is 0 Å². The molecule has 30 heavy (non-hydrogen) atoms. The Labute approximate surface area is 180 Å². The molecule has 0 heterocycles. The van der Waals surface area contributed by atoms with Crippen molar-refractivity contribution in [3.63, 3.8) is 0 Å². The average molecular weight is 428 g/mol. The lowest BCUT2D eigenvalue weighted by Crippen LogP contribution is -2.24. The van der Waals surface area contributed by atoms with Crippen LogP contribution in [0, 0.1) is 13.8 Å². The maximum atomic E-state index is 14.9. The summed E-state index contributed by atoms with van der Waals surface area (Å²) in [6.07, 6.45) is 0. The Bertz CT molecular complexity index is 1170. The topological polar surface area (TPSA) is 17.1 Å². The van der Waals surface area contributed by atoms with Gasteiger partial charge in [0.1, 0.15) is 7.14 Å². The van der Waals surface area contributed by atoms with Gasteiger partial charge in [-0.3, -0.25) is 0 Å². The molecule has 4 aromatic rings. The van der Waals surface area contributed by atoms with Gasteiger partial charge in [0.05, 0.1) is 0 Å². The lowest BCUT2D eigenvalue weighted by atomic mass is 10.2. The summed E-state index contributed by atoms with van der Waals surface area (Å²) in [6, 6.07) is 37.4. The van der Waals surface area contributed by atoms with Crippen LogP contribution in [0.15, 0.2) is 109 Å². The summed E-state index contributed by atoms with van der Waals surface area (Å²) in [5, 5.41) is 4.50. The molecule has 0 aromatic heterocycles. The number of benzene rings is 4. The van der Waals surface area contributed by atoms with Gasteiger partial charge in [-0.1, -0.05) is 109 Å². The van der Waals surface area contributed by atoms with Crippen molar-refractivity contribution in [2.24, 2.45) is 0 Å². The molecule has 0 amide bonds. The van der Waals surface area contributed by atoms with Gasteiger partial charge < -0.3 is 4.57 Å². The van der Waals surface area contributed by atoms with Gasteiger partial charge in [0, 0.05) is 16.5 Å². The maximum absolute atomic E-state index is 14.9. The van der Waals surface area contributed by atoms with Crippen molar-refractivity contribution in [1.29, 1.82) is 0 Å². The molecule has 150 valence electrons. The van der Waals surface area contributed by atoms with E-state index in [9.17, 15) is 4.57 Å². The summed E-state index contributed by atoms with van der Waals surface area (Å²) in [5.41, 5.74) is 2.36. The molecule has 1 nitrogen and oxygen atoms in total. The van der Waals surface area contributed by atoms with Gasteiger partial charge in [0.2, 0.25) is 0 Å². The molecule has 2 atom stereocenters. The van der Waals surface area contributed by atoms with Gasteiger partial charge in [0.25, 0.3) is 0 Å². The quantitative estimate of drug-likeness (QED) is 0.360. The summed E-state index contributed by atoms with van der Waals surface area (Å²) in [4.78, 5) is 0. The molecule has 0 aliphatic heterocycles. The average Bonchev–Trinajstić information content (AvgIpc) is 2.79. The lowest BCUT2D eigenvalue weighted by Gasteiger charge is -2.28. The van der Waals surface area contributed by atoms with E-state index in [0.717, 1.165) is 16.2 Å². The van der Waals surface area contributed by atoms with Crippen LogP contribution in [0.4, 0.5) is 0 Å².